The molecular weight excluding hydrogens is 538 g/mol. The highest BCUT2D eigenvalue weighted by Gasteiger charge is 2.76. The number of benzene rings is 1. The second-order valence-electron chi connectivity index (χ2n) is 11.2. The molecule has 0 radical (unpaired) electrons. The fourth-order valence-electron chi connectivity index (χ4n) is 4.24. The lowest BCUT2D eigenvalue weighted by atomic mass is 9.92. The van der Waals surface area contributed by atoms with Crippen LogP contribution in [0.15, 0.2) is 50.5 Å². The lowest BCUT2D eigenvalue weighted by Gasteiger charge is -2.36. The molecule has 1 aliphatic carbocycles. The molecule has 0 N–H and O–H groups in total. The Labute approximate surface area is 211 Å². The molecule has 1 saturated carbocycles. The van der Waals surface area contributed by atoms with Crippen molar-refractivity contribution in [3.8, 4) is 0 Å². The molecule has 33 heavy (non-hydrogen) atoms. The lowest BCUT2D eigenvalue weighted by molar-refractivity contribution is -0.162. The summed E-state index contributed by atoms with van der Waals surface area (Å²) in [6.07, 6.45) is 0.385. The largest absolute Gasteiger partial charge is 0.459 e. The summed E-state index contributed by atoms with van der Waals surface area (Å²) in [4.78, 5) is 13.9. The number of rotatable bonds is 8. The van der Waals surface area contributed by atoms with Crippen LogP contribution in [0.3, 0.4) is 0 Å². The summed E-state index contributed by atoms with van der Waals surface area (Å²) in [6.45, 7) is 14.4. The quantitative estimate of drug-likeness (QED) is 0.276. The summed E-state index contributed by atoms with van der Waals surface area (Å²) in [6, 6.07) is 13.8. The van der Waals surface area contributed by atoms with Crippen LogP contribution in [0.25, 0.3) is 0 Å². The van der Waals surface area contributed by atoms with Crippen molar-refractivity contribution in [2.75, 3.05) is 6.54 Å². The van der Waals surface area contributed by atoms with Crippen LogP contribution in [-0.2, 0) is 25.0 Å². The zero-order chi connectivity index (χ0) is 24.9. The van der Waals surface area contributed by atoms with Gasteiger partial charge in [-0.25, -0.2) is 13.2 Å². The van der Waals surface area contributed by atoms with Gasteiger partial charge in [0, 0.05) is 20.0 Å². The Bertz CT molecular complexity index is 1120. The molecule has 182 valence electrons. The molecule has 0 spiro atoms. The Morgan fingerprint density at radius 1 is 1.15 bits per heavy atom. The summed E-state index contributed by atoms with van der Waals surface area (Å²) >= 11 is 4.56. The number of ether oxygens (including phenoxy) is 1. The maximum absolute atomic E-state index is 14.1. The summed E-state index contributed by atoms with van der Waals surface area (Å²) in [5, 5.41) is 0. The minimum atomic E-state index is -3.93. The van der Waals surface area contributed by atoms with E-state index in [1.54, 1.807) is 12.1 Å². The first-order valence-electron chi connectivity index (χ1n) is 11.1. The molecule has 5 nitrogen and oxygen atoms in total. The van der Waals surface area contributed by atoms with Gasteiger partial charge in [-0.15, -0.1) is 11.3 Å². The molecule has 9 heteroatoms. The number of carbonyl (C=O) groups excluding carboxylic acids is 1. The minimum Gasteiger partial charge on any atom is -0.459 e. The van der Waals surface area contributed by atoms with E-state index < -0.39 is 40.6 Å². The predicted molar refractivity (Wildman–Crippen MR) is 141 cm³/mol. The molecule has 2 atom stereocenters. The van der Waals surface area contributed by atoms with Gasteiger partial charge in [0.25, 0.3) is 10.0 Å². The fraction of sp³-hybridized carbons (Fsp3) is 0.542. The summed E-state index contributed by atoms with van der Waals surface area (Å²) in [7, 11) is -5.55. The highest BCUT2D eigenvalue weighted by atomic mass is 79.9. The van der Waals surface area contributed by atoms with E-state index >= 15 is 0 Å². The van der Waals surface area contributed by atoms with Crippen molar-refractivity contribution in [3.63, 3.8) is 0 Å². The van der Waals surface area contributed by atoms with Crippen molar-refractivity contribution >= 4 is 51.3 Å². The Hall–Kier alpha value is -1.00. The number of halogens is 1. The maximum Gasteiger partial charge on any atom is 0.329 e. The molecule has 0 saturated heterocycles. The standard InChI is InChI=1S/C24H34BrNO4S2Si/c1-22(2,3)30-21(27)24(17-23(24,4)18-11-9-8-10-12-18)26(15-16-33(5,6)7)32(28,29)20-14-13-19(25)31-20/h8-14H,15-17H2,1-7H3/t23-,24-/m0/s1. The number of esters is 1. The van der Waals surface area contributed by atoms with Crippen LogP contribution in [0.2, 0.25) is 25.7 Å². The van der Waals surface area contributed by atoms with Crippen LogP contribution in [0, 0.1) is 0 Å². The second kappa shape index (κ2) is 8.89. The molecule has 0 aliphatic heterocycles. The van der Waals surface area contributed by atoms with Crippen LogP contribution in [0.5, 0.6) is 0 Å². The van der Waals surface area contributed by atoms with Crippen molar-refractivity contribution < 1.29 is 17.9 Å². The highest BCUT2D eigenvalue weighted by Crippen LogP contribution is 2.63. The first-order chi connectivity index (χ1) is 15.0. The van der Waals surface area contributed by atoms with E-state index in [-0.39, 0.29) is 10.8 Å². The average molecular weight is 573 g/mol. The molecule has 3 rings (SSSR count). The first kappa shape index (κ1) is 26.6. The Morgan fingerprint density at radius 3 is 2.24 bits per heavy atom. The normalized spacial score (nSPS) is 23.5. The second-order valence-corrected chi connectivity index (χ2v) is 21.4. The average Bonchev–Trinajstić information content (AvgIpc) is 3.07. The Balaban J connectivity index is 2.19. The van der Waals surface area contributed by atoms with Crippen LogP contribution in [0.4, 0.5) is 0 Å². The van der Waals surface area contributed by atoms with Crippen molar-refractivity contribution in [1.82, 2.24) is 4.31 Å². The lowest BCUT2D eigenvalue weighted by Crippen LogP contribution is -2.54. The SMILES string of the molecule is CC(C)(C)OC(=O)[C@@]1(N(CC[Si](C)(C)C)S(=O)(=O)c2ccc(Br)s2)C[C@@]1(C)c1ccccc1. The van der Waals surface area contributed by atoms with Crippen molar-refractivity contribution in [2.45, 2.75) is 80.6 Å². The molecule has 1 aliphatic rings. The van der Waals surface area contributed by atoms with Gasteiger partial charge in [0.2, 0.25) is 0 Å². The predicted octanol–water partition coefficient (Wildman–Crippen LogP) is 6.28. The molecule has 1 aromatic heterocycles. The van der Waals surface area contributed by atoms with E-state index in [2.05, 4.69) is 35.6 Å². The van der Waals surface area contributed by atoms with Gasteiger partial charge in [-0.2, -0.15) is 4.31 Å². The summed E-state index contributed by atoms with van der Waals surface area (Å²) in [5.41, 5.74) is -1.77. The topological polar surface area (TPSA) is 63.7 Å². The van der Waals surface area contributed by atoms with Crippen LogP contribution < -0.4 is 0 Å². The third kappa shape index (κ3) is 5.32. The van der Waals surface area contributed by atoms with Crippen LogP contribution in [-0.4, -0.2) is 44.5 Å². The molecule has 0 amide bonds. The van der Waals surface area contributed by atoms with E-state index in [1.807, 2.05) is 58.0 Å². The molecule has 1 aromatic carbocycles. The van der Waals surface area contributed by atoms with Gasteiger partial charge in [-0.3, -0.25) is 0 Å². The van der Waals surface area contributed by atoms with E-state index in [0.717, 1.165) is 15.4 Å². The van der Waals surface area contributed by atoms with E-state index in [9.17, 15) is 13.2 Å². The van der Waals surface area contributed by atoms with Crippen molar-refractivity contribution in [3.05, 3.63) is 51.8 Å². The van der Waals surface area contributed by atoms with Gasteiger partial charge < -0.3 is 4.74 Å². The minimum absolute atomic E-state index is 0.232. The molecule has 1 fully saturated rings. The number of hydrogen-bond donors (Lipinski definition) is 0. The van der Waals surface area contributed by atoms with Crippen LogP contribution in [0.1, 0.15) is 39.7 Å². The number of hydrogen-bond acceptors (Lipinski definition) is 5. The zero-order valence-corrected chi connectivity index (χ0v) is 24.7. The van der Waals surface area contributed by atoms with Gasteiger partial charge >= 0.3 is 5.97 Å². The number of nitrogens with zero attached hydrogens (tertiary/aromatic N) is 1. The molecular formula is C24H34BrNO4S2Si. The number of carbonyl (C=O) groups is 1. The van der Waals surface area contributed by atoms with Crippen molar-refractivity contribution in [1.29, 1.82) is 0 Å². The van der Waals surface area contributed by atoms with Gasteiger partial charge in [-0.1, -0.05) is 56.9 Å². The first-order valence-corrected chi connectivity index (χ1v) is 17.9. The summed E-state index contributed by atoms with van der Waals surface area (Å²) < 4.78 is 36.5. The number of sulfonamides is 1. The molecule has 0 unspecified atom stereocenters. The van der Waals surface area contributed by atoms with E-state index in [4.69, 9.17) is 4.74 Å². The van der Waals surface area contributed by atoms with Gasteiger partial charge in [-0.05, 0) is 66.9 Å². The zero-order valence-electron chi connectivity index (χ0n) is 20.4. The van der Waals surface area contributed by atoms with Gasteiger partial charge in [0.05, 0.1) is 3.79 Å². The highest BCUT2D eigenvalue weighted by molar-refractivity contribution is 9.11. The summed E-state index contributed by atoms with van der Waals surface area (Å²) in [5.74, 6) is -0.476. The monoisotopic (exact) mass is 571 g/mol. The van der Waals surface area contributed by atoms with Gasteiger partial charge in [0.1, 0.15) is 15.3 Å². The third-order valence-corrected chi connectivity index (χ3v) is 11.9. The smallest absolute Gasteiger partial charge is 0.329 e. The molecule has 1 heterocycles. The fourth-order valence-corrected chi connectivity index (χ4v) is 9.24. The van der Waals surface area contributed by atoms with Crippen molar-refractivity contribution in [2.24, 2.45) is 0 Å². The van der Waals surface area contributed by atoms with Gasteiger partial charge in [0.15, 0.2) is 0 Å². The number of thiophene rings is 1. The Kier molecular flexibility index (Phi) is 7.17. The Morgan fingerprint density at radius 2 is 1.76 bits per heavy atom. The maximum atomic E-state index is 14.1. The molecule has 2 aromatic rings. The van der Waals surface area contributed by atoms with E-state index in [0.29, 0.717) is 6.42 Å². The third-order valence-electron chi connectivity index (χ3n) is 6.13. The van der Waals surface area contributed by atoms with E-state index in [1.165, 1.54) is 15.6 Å². The van der Waals surface area contributed by atoms with Crippen LogP contribution >= 0.6 is 27.3 Å². The molecule has 0 bridgehead atoms.